The monoisotopic (exact) mass is 273 g/mol. The van der Waals surface area contributed by atoms with Gasteiger partial charge in [0.05, 0.1) is 12.3 Å². The Bertz CT molecular complexity index is 583. The molecule has 0 saturated carbocycles. The third-order valence-electron chi connectivity index (χ3n) is 3.16. The summed E-state index contributed by atoms with van der Waals surface area (Å²) in [4.78, 5) is 0. The van der Waals surface area contributed by atoms with Crippen molar-refractivity contribution in [2.45, 2.75) is 26.8 Å². The molecule has 0 radical (unpaired) electrons. The molecule has 0 spiro atoms. The molecule has 2 rings (SSSR count). The van der Waals surface area contributed by atoms with Gasteiger partial charge in [0.25, 0.3) is 0 Å². The minimum atomic E-state index is -0.290. The Morgan fingerprint density at radius 3 is 2.70 bits per heavy atom. The Kier molecular flexibility index (Phi) is 4.61. The van der Waals surface area contributed by atoms with Gasteiger partial charge in [0.1, 0.15) is 11.6 Å². The van der Waals surface area contributed by atoms with Crippen molar-refractivity contribution in [3.8, 4) is 5.75 Å². The van der Waals surface area contributed by atoms with Crippen LogP contribution in [-0.4, -0.2) is 6.61 Å². The number of benzene rings is 2. The molecule has 1 N–H and O–H groups in total. The van der Waals surface area contributed by atoms with Crippen molar-refractivity contribution >= 4 is 5.69 Å². The Morgan fingerprint density at radius 2 is 2.00 bits per heavy atom. The largest absolute Gasteiger partial charge is 0.492 e. The van der Waals surface area contributed by atoms with Crippen LogP contribution in [0, 0.1) is 12.7 Å². The molecule has 0 amide bonds. The quantitative estimate of drug-likeness (QED) is 0.852. The van der Waals surface area contributed by atoms with Gasteiger partial charge in [-0.3, -0.25) is 0 Å². The summed E-state index contributed by atoms with van der Waals surface area (Å²) in [6, 6.07) is 13.0. The summed E-state index contributed by atoms with van der Waals surface area (Å²) < 4.78 is 18.8. The number of hydrogen-bond donors (Lipinski definition) is 1. The van der Waals surface area contributed by atoms with Crippen molar-refractivity contribution in [1.82, 2.24) is 0 Å². The molecule has 20 heavy (non-hydrogen) atoms. The van der Waals surface area contributed by atoms with Crippen LogP contribution in [0.15, 0.2) is 42.5 Å². The molecule has 0 aliphatic heterocycles. The van der Waals surface area contributed by atoms with Gasteiger partial charge in [-0.25, -0.2) is 4.39 Å². The third-order valence-corrected chi connectivity index (χ3v) is 3.16. The molecule has 1 unspecified atom stereocenters. The normalized spacial score (nSPS) is 12.0. The lowest BCUT2D eigenvalue weighted by Crippen LogP contribution is -2.08. The van der Waals surface area contributed by atoms with Gasteiger partial charge in [-0.1, -0.05) is 29.8 Å². The highest BCUT2D eigenvalue weighted by Crippen LogP contribution is 2.29. The van der Waals surface area contributed by atoms with Crippen molar-refractivity contribution in [3.63, 3.8) is 0 Å². The zero-order valence-electron chi connectivity index (χ0n) is 12.1. The van der Waals surface area contributed by atoms with Crippen LogP contribution in [0.25, 0.3) is 0 Å². The predicted molar refractivity (Wildman–Crippen MR) is 80.8 cm³/mol. The van der Waals surface area contributed by atoms with E-state index in [4.69, 9.17) is 4.74 Å². The van der Waals surface area contributed by atoms with Crippen LogP contribution in [0.3, 0.4) is 0 Å². The maximum absolute atomic E-state index is 13.3. The van der Waals surface area contributed by atoms with Crippen molar-refractivity contribution in [1.29, 1.82) is 0 Å². The molecule has 0 heterocycles. The van der Waals surface area contributed by atoms with Crippen LogP contribution in [0.1, 0.15) is 31.0 Å². The Morgan fingerprint density at radius 1 is 1.20 bits per heavy atom. The second-order valence-corrected chi connectivity index (χ2v) is 4.85. The molecule has 2 nitrogen and oxygen atoms in total. The van der Waals surface area contributed by atoms with Gasteiger partial charge in [0, 0.05) is 12.1 Å². The molecule has 1 atom stereocenters. The lowest BCUT2D eigenvalue weighted by molar-refractivity contribution is 0.339. The lowest BCUT2D eigenvalue weighted by Gasteiger charge is -2.19. The van der Waals surface area contributed by atoms with E-state index in [0.29, 0.717) is 12.4 Å². The van der Waals surface area contributed by atoms with E-state index in [1.54, 1.807) is 6.07 Å². The fourth-order valence-corrected chi connectivity index (χ4v) is 2.15. The molecule has 3 heteroatoms. The van der Waals surface area contributed by atoms with Crippen molar-refractivity contribution in [2.75, 3.05) is 11.9 Å². The first-order valence-corrected chi connectivity index (χ1v) is 6.85. The van der Waals surface area contributed by atoms with E-state index in [9.17, 15) is 4.39 Å². The number of halogens is 1. The zero-order chi connectivity index (χ0) is 14.5. The van der Waals surface area contributed by atoms with Gasteiger partial charge in [-0.05, 0) is 38.5 Å². The van der Waals surface area contributed by atoms with Crippen molar-refractivity contribution in [3.05, 3.63) is 59.4 Å². The molecule has 0 aliphatic rings. The molecule has 106 valence electrons. The fourth-order valence-electron chi connectivity index (χ4n) is 2.15. The molecule has 0 aromatic heterocycles. The van der Waals surface area contributed by atoms with E-state index in [1.165, 1.54) is 23.3 Å². The van der Waals surface area contributed by atoms with Gasteiger partial charge in [-0.2, -0.15) is 0 Å². The first-order chi connectivity index (χ1) is 9.60. The van der Waals surface area contributed by atoms with E-state index < -0.39 is 0 Å². The Hall–Kier alpha value is -2.03. The van der Waals surface area contributed by atoms with Gasteiger partial charge in [0.2, 0.25) is 0 Å². The van der Waals surface area contributed by atoms with Crippen molar-refractivity contribution < 1.29 is 9.13 Å². The molecular weight excluding hydrogens is 253 g/mol. The number of hydrogen-bond acceptors (Lipinski definition) is 2. The van der Waals surface area contributed by atoms with E-state index in [1.807, 2.05) is 13.0 Å². The first-order valence-electron chi connectivity index (χ1n) is 6.85. The van der Waals surface area contributed by atoms with Crippen LogP contribution in [0.4, 0.5) is 10.1 Å². The number of rotatable bonds is 5. The summed E-state index contributed by atoms with van der Waals surface area (Å²) in [5, 5.41) is 3.37. The van der Waals surface area contributed by atoms with Crippen LogP contribution < -0.4 is 10.1 Å². The maximum atomic E-state index is 13.3. The number of aryl methyl sites for hydroxylation is 1. The van der Waals surface area contributed by atoms with Crippen molar-refractivity contribution in [2.24, 2.45) is 0 Å². The lowest BCUT2D eigenvalue weighted by atomic mass is 10.1. The fraction of sp³-hybridized carbons (Fsp3) is 0.294. The second kappa shape index (κ2) is 6.42. The second-order valence-electron chi connectivity index (χ2n) is 4.85. The SMILES string of the molecule is CCOc1cc(F)ccc1NC(C)c1cccc(C)c1. The summed E-state index contributed by atoms with van der Waals surface area (Å²) in [7, 11) is 0. The Balaban J connectivity index is 2.21. The number of anilines is 1. The van der Waals surface area contributed by atoms with Crippen LogP contribution in [-0.2, 0) is 0 Å². The smallest absolute Gasteiger partial charge is 0.145 e. The summed E-state index contributed by atoms with van der Waals surface area (Å²) >= 11 is 0. The van der Waals surface area contributed by atoms with Gasteiger partial charge in [-0.15, -0.1) is 0 Å². The summed E-state index contributed by atoms with van der Waals surface area (Å²) in [6.45, 7) is 6.54. The minimum absolute atomic E-state index is 0.125. The Labute approximate surface area is 119 Å². The van der Waals surface area contributed by atoms with E-state index in [2.05, 4.69) is 37.4 Å². The molecule has 0 saturated heterocycles. The average molecular weight is 273 g/mol. The highest BCUT2D eigenvalue weighted by Gasteiger charge is 2.10. The molecule has 0 bridgehead atoms. The molecule has 0 aliphatic carbocycles. The molecule has 2 aromatic rings. The summed E-state index contributed by atoms with van der Waals surface area (Å²) in [5.41, 5.74) is 3.22. The minimum Gasteiger partial charge on any atom is -0.492 e. The topological polar surface area (TPSA) is 21.3 Å². The molecular formula is C17H20FNO. The zero-order valence-corrected chi connectivity index (χ0v) is 12.1. The standard InChI is InChI=1S/C17H20FNO/c1-4-20-17-11-15(18)8-9-16(17)19-13(3)14-7-5-6-12(2)10-14/h5-11,13,19H,4H2,1-3H3. The highest BCUT2D eigenvalue weighted by molar-refractivity contribution is 5.57. The van der Waals surface area contributed by atoms with E-state index in [-0.39, 0.29) is 11.9 Å². The maximum Gasteiger partial charge on any atom is 0.145 e. The molecule has 2 aromatic carbocycles. The summed E-state index contributed by atoms with van der Waals surface area (Å²) in [5.74, 6) is 0.259. The van der Waals surface area contributed by atoms with Gasteiger partial charge < -0.3 is 10.1 Å². The van der Waals surface area contributed by atoms with Crippen LogP contribution in [0.2, 0.25) is 0 Å². The number of nitrogens with one attached hydrogen (secondary N) is 1. The van der Waals surface area contributed by atoms with E-state index in [0.717, 1.165) is 5.69 Å². The first kappa shape index (κ1) is 14.4. The summed E-state index contributed by atoms with van der Waals surface area (Å²) in [6.07, 6.45) is 0. The average Bonchev–Trinajstić information content (AvgIpc) is 2.42. The van der Waals surface area contributed by atoms with E-state index >= 15 is 0 Å². The highest BCUT2D eigenvalue weighted by atomic mass is 19.1. The predicted octanol–water partition coefficient (Wildman–Crippen LogP) is 4.71. The van der Waals surface area contributed by atoms with Crippen LogP contribution >= 0.6 is 0 Å². The van der Waals surface area contributed by atoms with Gasteiger partial charge >= 0.3 is 0 Å². The third kappa shape index (κ3) is 3.50. The van der Waals surface area contributed by atoms with Crippen LogP contribution in [0.5, 0.6) is 5.75 Å². The number of ether oxygens (including phenoxy) is 1. The molecule has 0 fully saturated rings. The van der Waals surface area contributed by atoms with Gasteiger partial charge in [0.15, 0.2) is 0 Å².